The second-order valence-electron chi connectivity index (χ2n) is 5.20. The van der Waals surface area contributed by atoms with E-state index in [-0.39, 0.29) is 18.5 Å². The molecule has 20 heavy (non-hydrogen) atoms. The van der Waals surface area contributed by atoms with Crippen molar-refractivity contribution in [3.05, 3.63) is 48.0 Å². The van der Waals surface area contributed by atoms with Crippen LogP contribution in [-0.4, -0.2) is 20.7 Å². The van der Waals surface area contributed by atoms with E-state index < -0.39 is 0 Å². The monoisotopic (exact) mass is 272 g/mol. The van der Waals surface area contributed by atoms with Crippen molar-refractivity contribution < 1.29 is 4.79 Å². The number of amides is 1. The first-order valence-electron chi connectivity index (χ1n) is 6.78. The Hall–Kier alpha value is -2.17. The molecule has 5 heteroatoms. The number of nitrogens with zero attached hydrogens (tertiary/aromatic N) is 3. The number of carbonyl (C=O) groups excluding carboxylic acids is 1. The SMILES string of the molecule is CC(C)c1ccc(C(C)NC(=O)Cn2cncn2)cc1. The van der Waals surface area contributed by atoms with Gasteiger partial charge in [-0.15, -0.1) is 0 Å². The molecule has 0 radical (unpaired) electrons. The molecule has 1 heterocycles. The fourth-order valence-electron chi connectivity index (χ4n) is 2.00. The summed E-state index contributed by atoms with van der Waals surface area (Å²) in [6.45, 7) is 6.49. The molecule has 2 aromatic rings. The molecule has 0 saturated carbocycles. The molecule has 1 unspecified atom stereocenters. The van der Waals surface area contributed by atoms with Crippen molar-refractivity contribution in [3.8, 4) is 0 Å². The molecule has 1 aromatic carbocycles. The van der Waals surface area contributed by atoms with Crippen LogP contribution >= 0.6 is 0 Å². The summed E-state index contributed by atoms with van der Waals surface area (Å²) in [5.41, 5.74) is 2.40. The van der Waals surface area contributed by atoms with Crippen molar-refractivity contribution in [2.75, 3.05) is 0 Å². The maximum absolute atomic E-state index is 11.9. The zero-order chi connectivity index (χ0) is 14.5. The van der Waals surface area contributed by atoms with Crippen LogP contribution in [0.1, 0.15) is 43.9 Å². The number of carbonyl (C=O) groups is 1. The minimum Gasteiger partial charge on any atom is -0.348 e. The Morgan fingerprint density at radius 2 is 1.85 bits per heavy atom. The molecule has 0 spiro atoms. The van der Waals surface area contributed by atoms with Crippen LogP contribution in [0.2, 0.25) is 0 Å². The third-order valence-corrected chi connectivity index (χ3v) is 3.25. The Balaban J connectivity index is 1.93. The predicted molar refractivity (Wildman–Crippen MR) is 77.1 cm³/mol. The number of benzene rings is 1. The number of hydrogen-bond donors (Lipinski definition) is 1. The van der Waals surface area contributed by atoms with Gasteiger partial charge in [-0.3, -0.25) is 4.79 Å². The van der Waals surface area contributed by atoms with Gasteiger partial charge >= 0.3 is 0 Å². The quantitative estimate of drug-likeness (QED) is 0.908. The first-order valence-corrected chi connectivity index (χ1v) is 6.78. The fraction of sp³-hybridized carbons (Fsp3) is 0.400. The van der Waals surface area contributed by atoms with E-state index in [9.17, 15) is 4.79 Å². The third-order valence-electron chi connectivity index (χ3n) is 3.25. The molecule has 0 fully saturated rings. The maximum atomic E-state index is 11.9. The fourth-order valence-corrected chi connectivity index (χ4v) is 2.00. The molecule has 5 nitrogen and oxygen atoms in total. The summed E-state index contributed by atoms with van der Waals surface area (Å²) in [5, 5.41) is 6.87. The molecule has 1 aromatic heterocycles. The van der Waals surface area contributed by atoms with E-state index in [0.29, 0.717) is 5.92 Å². The van der Waals surface area contributed by atoms with Gasteiger partial charge in [0.15, 0.2) is 0 Å². The van der Waals surface area contributed by atoms with Gasteiger partial charge in [-0.25, -0.2) is 9.67 Å². The second kappa shape index (κ2) is 6.32. The van der Waals surface area contributed by atoms with Crippen LogP contribution in [0.4, 0.5) is 0 Å². The van der Waals surface area contributed by atoms with Crippen LogP contribution in [-0.2, 0) is 11.3 Å². The summed E-state index contributed by atoms with van der Waals surface area (Å²) in [6, 6.07) is 8.33. The Labute approximate surface area is 119 Å². The van der Waals surface area contributed by atoms with Gasteiger partial charge in [0.2, 0.25) is 5.91 Å². The minimum absolute atomic E-state index is 0.0211. The summed E-state index contributed by atoms with van der Waals surface area (Å²) >= 11 is 0. The maximum Gasteiger partial charge on any atom is 0.242 e. The van der Waals surface area contributed by atoms with Crippen molar-refractivity contribution in [1.29, 1.82) is 0 Å². The summed E-state index contributed by atoms with van der Waals surface area (Å²) < 4.78 is 1.50. The lowest BCUT2D eigenvalue weighted by Gasteiger charge is -2.15. The Kier molecular flexibility index (Phi) is 4.50. The highest BCUT2D eigenvalue weighted by molar-refractivity contribution is 5.76. The van der Waals surface area contributed by atoms with E-state index >= 15 is 0 Å². The minimum atomic E-state index is -0.0732. The number of hydrogen-bond acceptors (Lipinski definition) is 3. The van der Waals surface area contributed by atoms with Crippen molar-refractivity contribution in [3.63, 3.8) is 0 Å². The van der Waals surface area contributed by atoms with Gasteiger partial charge in [-0.1, -0.05) is 38.1 Å². The highest BCUT2D eigenvalue weighted by Gasteiger charge is 2.10. The molecule has 1 amide bonds. The molecular weight excluding hydrogens is 252 g/mol. The molecule has 2 rings (SSSR count). The first kappa shape index (κ1) is 14.2. The Morgan fingerprint density at radius 3 is 2.40 bits per heavy atom. The largest absolute Gasteiger partial charge is 0.348 e. The highest BCUT2D eigenvalue weighted by atomic mass is 16.2. The normalized spacial score (nSPS) is 12.4. The van der Waals surface area contributed by atoms with Gasteiger partial charge in [0.1, 0.15) is 19.2 Å². The topological polar surface area (TPSA) is 59.8 Å². The van der Waals surface area contributed by atoms with Crippen molar-refractivity contribution in [2.45, 2.75) is 39.3 Å². The van der Waals surface area contributed by atoms with Crippen LogP contribution in [0.3, 0.4) is 0 Å². The number of aromatic nitrogens is 3. The molecule has 0 aliphatic rings. The summed E-state index contributed by atoms with van der Waals surface area (Å²) in [6.07, 6.45) is 2.95. The standard InChI is InChI=1S/C15H20N4O/c1-11(2)13-4-6-14(7-5-13)12(3)18-15(20)8-19-10-16-9-17-19/h4-7,9-12H,8H2,1-3H3,(H,18,20). The van der Waals surface area contributed by atoms with E-state index in [1.54, 1.807) is 0 Å². The lowest BCUT2D eigenvalue weighted by atomic mass is 9.99. The van der Waals surface area contributed by atoms with Gasteiger partial charge in [0.25, 0.3) is 0 Å². The van der Waals surface area contributed by atoms with Crippen LogP contribution < -0.4 is 5.32 Å². The summed E-state index contributed by atoms with van der Waals surface area (Å²) in [7, 11) is 0. The zero-order valence-electron chi connectivity index (χ0n) is 12.1. The van der Waals surface area contributed by atoms with E-state index in [1.807, 2.05) is 6.92 Å². The van der Waals surface area contributed by atoms with E-state index in [0.717, 1.165) is 5.56 Å². The van der Waals surface area contributed by atoms with Gasteiger partial charge in [-0.05, 0) is 24.0 Å². The third kappa shape index (κ3) is 3.66. The average Bonchev–Trinajstić information content (AvgIpc) is 2.91. The van der Waals surface area contributed by atoms with Crippen molar-refractivity contribution in [1.82, 2.24) is 20.1 Å². The first-order chi connectivity index (χ1) is 9.56. The summed E-state index contributed by atoms with van der Waals surface area (Å²) in [5.74, 6) is 0.442. The molecule has 0 bridgehead atoms. The lowest BCUT2D eigenvalue weighted by molar-refractivity contribution is -0.122. The number of nitrogens with one attached hydrogen (secondary N) is 1. The molecule has 0 saturated heterocycles. The van der Waals surface area contributed by atoms with Crippen LogP contribution in [0.15, 0.2) is 36.9 Å². The average molecular weight is 272 g/mol. The van der Waals surface area contributed by atoms with Crippen molar-refractivity contribution >= 4 is 5.91 Å². The van der Waals surface area contributed by atoms with Crippen LogP contribution in [0.5, 0.6) is 0 Å². The zero-order valence-corrected chi connectivity index (χ0v) is 12.1. The van der Waals surface area contributed by atoms with Gasteiger partial charge in [-0.2, -0.15) is 5.10 Å². The number of rotatable bonds is 5. The van der Waals surface area contributed by atoms with E-state index in [1.165, 1.54) is 22.9 Å². The predicted octanol–water partition coefficient (Wildman–Crippen LogP) is 2.28. The smallest absolute Gasteiger partial charge is 0.242 e. The van der Waals surface area contributed by atoms with E-state index in [4.69, 9.17) is 0 Å². The van der Waals surface area contributed by atoms with E-state index in [2.05, 4.69) is 53.5 Å². The second-order valence-corrected chi connectivity index (χ2v) is 5.20. The molecule has 1 N–H and O–H groups in total. The summed E-state index contributed by atoms with van der Waals surface area (Å²) in [4.78, 5) is 15.7. The van der Waals surface area contributed by atoms with Crippen LogP contribution in [0.25, 0.3) is 0 Å². The molecule has 0 aliphatic heterocycles. The Bertz CT molecular complexity index is 546. The molecular formula is C15H20N4O. The highest BCUT2D eigenvalue weighted by Crippen LogP contribution is 2.18. The van der Waals surface area contributed by atoms with Crippen LogP contribution in [0, 0.1) is 0 Å². The van der Waals surface area contributed by atoms with Gasteiger partial charge in [0.05, 0.1) is 6.04 Å². The Morgan fingerprint density at radius 1 is 1.20 bits per heavy atom. The van der Waals surface area contributed by atoms with Gasteiger partial charge in [0, 0.05) is 0 Å². The van der Waals surface area contributed by atoms with Crippen molar-refractivity contribution in [2.24, 2.45) is 0 Å². The lowest BCUT2D eigenvalue weighted by Crippen LogP contribution is -2.30. The molecule has 1 atom stereocenters. The van der Waals surface area contributed by atoms with Gasteiger partial charge < -0.3 is 5.32 Å². The molecule has 0 aliphatic carbocycles. The molecule has 106 valence electrons.